The molecule has 0 aliphatic carbocycles. The van der Waals surface area contributed by atoms with Gasteiger partial charge >= 0.3 is 0 Å². The zero-order valence-corrected chi connectivity index (χ0v) is 8.35. The van der Waals surface area contributed by atoms with Crippen LogP contribution in [0.5, 0.6) is 0 Å². The highest BCUT2D eigenvalue weighted by atomic mass is 15.0. The third kappa shape index (κ3) is 2.07. The summed E-state index contributed by atoms with van der Waals surface area (Å²) >= 11 is 0. The summed E-state index contributed by atoms with van der Waals surface area (Å²) in [6, 6.07) is 14.3. The van der Waals surface area contributed by atoms with Gasteiger partial charge in [0.1, 0.15) is 0 Å². The van der Waals surface area contributed by atoms with Crippen LogP contribution >= 0.6 is 0 Å². The van der Waals surface area contributed by atoms with E-state index in [0.29, 0.717) is 6.54 Å². The highest BCUT2D eigenvalue weighted by Crippen LogP contribution is 2.18. The maximum atomic E-state index is 5.31. The summed E-state index contributed by atoms with van der Waals surface area (Å²) in [5.74, 6) is 0.128. The van der Waals surface area contributed by atoms with Crippen molar-refractivity contribution in [3.05, 3.63) is 48.0 Å². The van der Waals surface area contributed by atoms with Gasteiger partial charge in [-0.2, -0.15) is 0 Å². The van der Waals surface area contributed by atoms with Crippen LogP contribution in [0.25, 0.3) is 10.8 Å². The molecule has 3 nitrogen and oxygen atoms in total. The lowest BCUT2D eigenvalue weighted by atomic mass is 10.1. The molecule has 0 spiro atoms. The van der Waals surface area contributed by atoms with E-state index in [1.807, 2.05) is 24.3 Å². The van der Waals surface area contributed by atoms with Crippen LogP contribution in [-0.2, 0) is 6.54 Å². The van der Waals surface area contributed by atoms with E-state index in [1.54, 1.807) is 0 Å². The highest BCUT2D eigenvalue weighted by Gasteiger charge is 1.98. The second-order valence-corrected chi connectivity index (χ2v) is 3.38. The van der Waals surface area contributed by atoms with Gasteiger partial charge in [0.15, 0.2) is 5.96 Å². The average molecular weight is 199 g/mol. The number of hydrogen-bond acceptors (Lipinski definition) is 1. The minimum Gasteiger partial charge on any atom is -0.370 e. The maximum absolute atomic E-state index is 5.31. The van der Waals surface area contributed by atoms with Crippen molar-refractivity contribution >= 4 is 16.7 Å². The van der Waals surface area contributed by atoms with E-state index >= 15 is 0 Å². The Bertz CT molecular complexity index is 494. The molecule has 2 rings (SSSR count). The second-order valence-electron chi connectivity index (χ2n) is 3.38. The van der Waals surface area contributed by atoms with Crippen LogP contribution in [0.4, 0.5) is 0 Å². The van der Waals surface area contributed by atoms with Crippen molar-refractivity contribution in [3.8, 4) is 0 Å². The Morgan fingerprint density at radius 3 is 2.53 bits per heavy atom. The normalized spacial score (nSPS) is 10.1. The molecule has 0 aromatic heterocycles. The van der Waals surface area contributed by atoms with E-state index in [1.165, 1.54) is 10.8 Å². The number of rotatable bonds is 2. The minimum atomic E-state index is 0.128. The van der Waals surface area contributed by atoms with Crippen LogP contribution in [0.15, 0.2) is 47.5 Å². The monoisotopic (exact) mass is 199 g/mol. The van der Waals surface area contributed by atoms with Crippen LogP contribution in [0, 0.1) is 0 Å². The number of nitrogens with two attached hydrogens (primary N) is 2. The van der Waals surface area contributed by atoms with Gasteiger partial charge in [-0.25, -0.2) is 4.99 Å². The number of aliphatic imine (C=N–C) groups is 1. The van der Waals surface area contributed by atoms with Crippen molar-refractivity contribution in [1.29, 1.82) is 0 Å². The fourth-order valence-corrected chi connectivity index (χ4v) is 1.61. The maximum Gasteiger partial charge on any atom is 0.186 e. The first-order valence-electron chi connectivity index (χ1n) is 4.79. The summed E-state index contributed by atoms with van der Waals surface area (Å²) < 4.78 is 0. The number of nitrogens with zero attached hydrogens (tertiary/aromatic N) is 1. The molecule has 0 saturated heterocycles. The molecular formula is C12H13N3. The Hall–Kier alpha value is -2.03. The van der Waals surface area contributed by atoms with E-state index in [-0.39, 0.29) is 5.96 Å². The molecule has 2 aromatic rings. The van der Waals surface area contributed by atoms with Crippen molar-refractivity contribution in [3.63, 3.8) is 0 Å². The molecule has 3 heteroatoms. The van der Waals surface area contributed by atoms with E-state index in [4.69, 9.17) is 11.5 Å². The molecule has 4 N–H and O–H groups in total. The molecular weight excluding hydrogens is 186 g/mol. The quantitative estimate of drug-likeness (QED) is 0.570. The summed E-state index contributed by atoms with van der Waals surface area (Å²) in [4.78, 5) is 4.02. The SMILES string of the molecule is NC(N)=NCc1cccc2ccccc12. The van der Waals surface area contributed by atoms with Crippen LogP contribution in [0.2, 0.25) is 0 Å². The first-order chi connectivity index (χ1) is 7.27. The predicted octanol–water partition coefficient (Wildman–Crippen LogP) is 1.61. The molecule has 76 valence electrons. The standard InChI is InChI=1S/C12H13N3/c13-12(14)15-8-10-6-3-5-9-4-1-2-7-11(9)10/h1-7H,8H2,(H4,13,14,15). The predicted molar refractivity (Wildman–Crippen MR) is 63.5 cm³/mol. The Balaban J connectivity index is 2.47. The average Bonchev–Trinajstić information content (AvgIpc) is 2.26. The third-order valence-corrected chi connectivity index (χ3v) is 2.31. The zero-order valence-electron chi connectivity index (χ0n) is 8.35. The van der Waals surface area contributed by atoms with Gasteiger partial charge < -0.3 is 11.5 Å². The Morgan fingerprint density at radius 2 is 1.73 bits per heavy atom. The van der Waals surface area contributed by atoms with Crippen LogP contribution in [0.3, 0.4) is 0 Å². The molecule has 0 unspecified atom stereocenters. The molecule has 2 aromatic carbocycles. The van der Waals surface area contributed by atoms with Gasteiger partial charge in [0.2, 0.25) is 0 Å². The van der Waals surface area contributed by atoms with Crippen molar-refractivity contribution in [2.75, 3.05) is 0 Å². The third-order valence-electron chi connectivity index (χ3n) is 2.31. The molecule has 0 amide bonds. The lowest BCUT2D eigenvalue weighted by Gasteiger charge is -2.03. The van der Waals surface area contributed by atoms with Crippen LogP contribution in [-0.4, -0.2) is 5.96 Å². The summed E-state index contributed by atoms with van der Waals surface area (Å²) in [5, 5.41) is 2.41. The molecule has 0 fully saturated rings. The van der Waals surface area contributed by atoms with E-state index in [2.05, 4.69) is 23.2 Å². The van der Waals surface area contributed by atoms with E-state index in [9.17, 15) is 0 Å². The molecule has 0 saturated carbocycles. The fourth-order valence-electron chi connectivity index (χ4n) is 1.61. The summed E-state index contributed by atoms with van der Waals surface area (Å²) in [6.45, 7) is 0.531. The zero-order chi connectivity index (χ0) is 10.7. The van der Waals surface area contributed by atoms with Gasteiger partial charge in [-0.1, -0.05) is 42.5 Å². The summed E-state index contributed by atoms with van der Waals surface area (Å²) in [7, 11) is 0. The first-order valence-corrected chi connectivity index (χ1v) is 4.79. The molecule has 0 aliphatic rings. The first kappa shape index (κ1) is 9.52. The molecule has 0 aliphatic heterocycles. The van der Waals surface area contributed by atoms with Crippen molar-refractivity contribution in [1.82, 2.24) is 0 Å². The van der Waals surface area contributed by atoms with Gasteiger partial charge in [0.25, 0.3) is 0 Å². The Labute approximate surface area is 88.4 Å². The van der Waals surface area contributed by atoms with Gasteiger partial charge in [-0.05, 0) is 16.3 Å². The van der Waals surface area contributed by atoms with E-state index in [0.717, 1.165) is 5.56 Å². The molecule has 0 radical (unpaired) electrons. The Kier molecular flexibility index (Phi) is 2.54. The number of benzene rings is 2. The number of hydrogen-bond donors (Lipinski definition) is 2. The Morgan fingerprint density at radius 1 is 1.00 bits per heavy atom. The summed E-state index contributed by atoms with van der Waals surface area (Å²) in [5.41, 5.74) is 11.8. The molecule has 0 atom stereocenters. The van der Waals surface area contributed by atoms with Gasteiger partial charge in [-0.3, -0.25) is 0 Å². The van der Waals surface area contributed by atoms with Crippen molar-refractivity contribution in [2.45, 2.75) is 6.54 Å². The molecule has 0 heterocycles. The van der Waals surface area contributed by atoms with E-state index < -0.39 is 0 Å². The van der Waals surface area contributed by atoms with Gasteiger partial charge in [-0.15, -0.1) is 0 Å². The highest BCUT2D eigenvalue weighted by molar-refractivity contribution is 5.86. The summed E-state index contributed by atoms with van der Waals surface area (Å²) in [6.07, 6.45) is 0. The number of fused-ring (bicyclic) bond motifs is 1. The minimum absolute atomic E-state index is 0.128. The lowest BCUT2D eigenvalue weighted by molar-refractivity contribution is 1.07. The van der Waals surface area contributed by atoms with Gasteiger partial charge in [0, 0.05) is 0 Å². The largest absolute Gasteiger partial charge is 0.370 e. The van der Waals surface area contributed by atoms with Crippen molar-refractivity contribution < 1.29 is 0 Å². The second kappa shape index (κ2) is 4.00. The molecule has 15 heavy (non-hydrogen) atoms. The van der Waals surface area contributed by atoms with Crippen LogP contribution < -0.4 is 11.5 Å². The fraction of sp³-hybridized carbons (Fsp3) is 0.0833. The van der Waals surface area contributed by atoms with Crippen molar-refractivity contribution in [2.24, 2.45) is 16.5 Å². The lowest BCUT2D eigenvalue weighted by Crippen LogP contribution is -2.22. The smallest absolute Gasteiger partial charge is 0.186 e. The van der Waals surface area contributed by atoms with Gasteiger partial charge in [0.05, 0.1) is 6.54 Å². The van der Waals surface area contributed by atoms with Crippen LogP contribution in [0.1, 0.15) is 5.56 Å². The number of guanidine groups is 1. The molecule has 0 bridgehead atoms. The topological polar surface area (TPSA) is 64.4 Å².